The fourth-order valence-electron chi connectivity index (χ4n) is 2.88. The summed E-state index contributed by atoms with van der Waals surface area (Å²) in [5.41, 5.74) is 3.63. The number of phenols is 1. The van der Waals surface area contributed by atoms with Gasteiger partial charge < -0.3 is 5.11 Å². The van der Waals surface area contributed by atoms with Crippen LogP contribution in [0, 0.1) is 12.3 Å². The summed E-state index contributed by atoms with van der Waals surface area (Å²) >= 11 is 1.65. The van der Waals surface area contributed by atoms with Crippen molar-refractivity contribution in [3.63, 3.8) is 0 Å². The van der Waals surface area contributed by atoms with Crippen LogP contribution in [0.1, 0.15) is 57.7 Å². The normalized spacial score (nSPS) is 12.4. The van der Waals surface area contributed by atoms with E-state index in [4.69, 9.17) is 11.4 Å². The predicted octanol–water partition coefficient (Wildman–Crippen LogP) is 5.18. The highest BCUT2D eigenvalue weighted by Crippen LogP contribution is 2.42. The van der Waals surface area contributed by atoms with Gasteiger partial charge in [0.15, 0.2) is 0 Å². The Morgan fingerprint density at radius 3 is 2.12 bits per heavy atom. The highest BCUT2D eigenvalue weighted by Gasteiger charge is 2.27. The van der Waals surface area contributed by atoms with Gasteiger partial charge in [-0.15, -0.1) is 17.8 Å². The highest BCUT2D eigenvalue weighted by molar-refractivity contribution is 7.09. The van der Waals surface area contributed by atoms with Crippen molar-refractivity contribution in [1.82, 2.24) is 9.88 Å². The van der Waals surface area contributed by atoms with Gasteiger partial charge in [-0.2, -0.15) is 0 Å². The van der Waals surface area contributed by atoms with E-state index in [2.05, 4.69) is 69.9 Å². The summed E-state index contributed by atoms with van der Waals surface area (Å²) < 4.78 is 0. The van der Waals surface area contributed by atoms with Gasteiger partial charge in [0.2, 0.25) is 0 Å². The van der Waals surface area contributed by atoms with Crippen LogP contribution in [0.4, 0.5) is 0 Å². The van der Waals surface area contributed by atoms with Crippen LogP contribution in [-0.2, 0) is 17.4 Å². The minimum atomic E-state index is -0.147. The summed E-state index contributed by atoms with van der Waals surface area (Å²) in [5.74, 6) is 3.06. The molecule has 0 radical (unpaired) electrons. The lowest BCUT2D eigenvalue weighted by Crippen LogP contribution is -2.18. The zero-order valence-electron chi connectivity index (χ0n) is 17.0. The number of hydrogen-bond acceptors (Lipinski definition) is 4. The van der Waals surface area contributed by atoms with Crippen LogP contribution in [0.15, 0.2) is 17.5 Å². The van der Waals surface area contributed by atoms with Gasteiger partial charge in [-0.05, 0) is 30.0 Å². The molecule has 0 spiro atoms. The summed E-state index contributed by atoms with van der Waals surface area (Å²) in [7, 11) is 2.00. The Hall–Kier alpha value is -1.83. The second-order valence-corrected chi connectivity index (χ2v) is 9.87. The summed E-state index contributed by atoms with van der Waals surface area (Å²) in [6.45, 7) is 14.1. The number of aromatic hydroxyl groups is 1. The van der Waals surface area contributed by atoms with Gasteiger partial charge in [0, 0.05) is 22.1 Å². The Kier molecular flexibility index (Phi) is 5.85. The fraction of sp³-hybridized carbons (Fsp3) is 0.500. The predicted molar refractivity (Wildman–Crippen MR) is 112 cm³/mol. The first kappa shape index (κ1) is 20.5. The monoisotopic (exact) mass is 370 g/mol. The zero-order chi connectivity index (χ0) is 19.7. The first-order chi connectivity index (χ1) is 11.9. The molecule has 0 amide bonds. The van der Waals surface area contributed by atoms with Gasteiger partial charge in [0.1, 0.15) is 10.8 Å². The summed E-state index contributed by atoms with van der Waals surface area (Å²) in [5, 5.41) is 14.0. The van der Waals surface area contributed by atoms with E-state index in [9.17, 15) is 5.11 Å². The third kappa shape index (κ3) is 4.66. The van der Waals surface area contributed by atoms with Crippen LogP contribution in [-0.4, -0.2) is 28.6 Å². The number of benzene rings is 1. The van der Waals surface area contributed by atoms with Crippen LogP contribution in [0.25, 0.3) is 11.3 Å². The minimum Gasteiger partial charge on any atom is -0.507 e. The molecule has 1 N–H and O–H groups in total. The van der Waals surface area contributed by atoms with E-state index < -0.39 is 0 Å². The number of nitrogens with zero attached hydrogens (tertiary/aromatic N) is 2. The molecule has 140 valence electrons. The second-order valence-electron chi connectivity index (χ2n) is 8.92. The van der Waals surface area contributed by atoms with E-state index in [1.54, 1.807) is 11.3 Å². The van der Waals surface area contributed by atoms with Crippen LogP contribution < -0.4 is 0 Å². The van der Waals surface area contributed by atoms with Gasteiger partial charge in [0.05, 0.1) is 18.8 Å². The van der Waals surface area contributed by atoms with Crippen molar-refractivity contribution >= 4 is 11.3 Å². The standard InChI is InChI=1S/C22H30N2OS/c1-9-10-24(8)13-19-23-18(14-26-19)15-11-16(21(2,3)4)20(25)17(12-15)22(5,6)7/h1,11-12,14,25H,10,13H2,2-8H3. The first-order valence-corrected chi connectivity index (χ1v) is 9.76. The number of phenolic OH excluding ortho intramolecular Hbond substituents is 1. The lowest BCUT2D eigenvalue weighted by Gasteiger charge is -2.28. The van der Waals surface area contributed by atoms with Crippen molar-refractivity contribution in [1.29, 1.82) is 0 Å². The number of terminal acetylenes is 1. The van der Waals surface area contributed by atoms with Crippen LogP contribution in [0.5, 0.6) is 5.75 Å². The second kappa shape index (κ2) is 7.42. The van der Waals surface area contributed by atoms with E-state index in [1.807, 2.05) is 7.05 Å². The maximum absolute atomic E-state index is 10.9. The van der Waals surface area contributed by atoms with Gasteiger partial charge in [0.25, 0.3) is 0 Å². The molecule has 0 bridgehead atoms. The smallest absolute Gasteiger partial charge is 0.123 e. The molecule has 0 saturated carbocycles. The van der Waals surface area contributed by atoms with E-state index in [1.165, 1.54) is 0 Å². The first-order valence-electron chi connectivity index (χ1n) is 8.88. The highest BCUT2D eigenvalue weighted by atomic mass is 32.1. The Balaban J connectivity index is 2.50. The molecule has 0 atom stereocenters. The van der Waals surface area contributed by atoms with Crippen molar-refractivity contribution in [3.05, 3.63) is 33.6 Å². The molecule has 0 aliphatic heterocycles. The van der Waals surface area contributed by atoms with Gasteiger partial charge in [-0.3, -0.25) is 4.90 Å². The van der Waals surface area contributed by atoms with Gasteiger partial charge in [-0.25, -0.2) is 4.98 Å². The SMILES string of the molecule is C#CCN(C)Cc1nc(-c2cc(C(C)(C)C)c(O)c(C(C)(C)C)c2)cs1. The average molecular weight is 371 g/mol. The summed E-state index contributed by atoms with van der Waals surface area (Å²) in [4.78, 5) is 6.88. The van der Waals surface area contributed by atoms with E-state index in [0.29, 0.717) is 12.3 Å². The third-order valence-electron chi connectivity index (χ3n) is 4.34. The minimum absolute atomic E-state index is 0.147. The molecular weight excluding hydrogens is 340 g/mol. The molecule has 3 nitrogen and oxygen atoms in total. The molecular formula is C22H30N2OS. The van der Waals surface area contributed by atoms with Crippen LogP contribution in [0.2, 0.25) is 0 Å². The molecule has 1 aromatic heterocycles. The fourth-order valence-corrected chi connectivity index (χ4v) is 3.77. The lowest BCUT2D eigenvalue weighted by molar-refractivity contribution is 0.368. The lowest BCUT2D eigenvalue weighted by atomic mass is 9.78. The largest absolute Gasteiger partial charge is 0.507 e. The number of rotatable bonds is 4. The molecule has 0 aliphatic carbocycles. The molecule has 0 aliphatic rings. The Bertz CT molecular complexity index is 781. The Morgan fingerprint density at radius 2 is 1.65 bits per heavy atom. The number of thiazole rings is 1. The maximum atomic E-state index is 10.9. The van der Waals surface area contributed by atoms with Crippen molar-refractivity contribution in [2.24, 2.45) is 0 Å². The molecule has 1 heterocycles. The molecule has 26 heavy (non-hydrogen) atoms. The average Bonchev–Trinajstić information content (AvgIpc) is 2.93. The molecule has 0 saturated heterocycles. The molecule has 0 unspecified atom stereocenters. The quantitative estimate of drug-likeness (QED) is 0.754. The van der Waals surface area contributed by atoms with Gasteiger partial charge >= 0.3 is 0 Å². The molecule has 2 aromatic rings. The van der Waals surface area contributed by atoms with E-state index >= 15 is 0 Å². The van der Waals surface area contributed by atoms with Crippen LogP contribution >= 0.6 is 11.3 Å². The molecule has 4 heteroatoms. The molecule has 0 fully saturated rings. The Labute approximate surface area is 162 Å². The molecule has 2 rings (SSSR count). The van der Waals surface area contributed by atoms with E-state index in [0.717, 1.165) is 33.9 Å². The third-order valence-corrected chi connectivity index (χ3v) is 5.17. The number of aromatic nitrogens is 1. The van der Waals surface area contributed by atoms with Gasteiger partial charge in [-0.1, -0.05) is 47.5 Å². The molecule has 1 aromatic carbocycles. The van der Waals surface area contributed by atoms with Crippen molar-refractivity contribution in [2.45, 2.75) is 58.9 Å². The van der Waals surface area contributed by atoms with Crippen molar-refractivity contribution < 1.29 is 5.11 Å². The van der Waals surface area contributed by atoms with Crippen molar-refractivity contribution in [2.75, 3.05) is 13.6 Å². The summed E-state index contributed by atoms with van der Waals surface area (Å²) in [6.07, 6.45) is 5.38. The van der Waals surface area contributed by atoms with Crippen LogP contribution in [0.3, 0.4) is 0 Å². The van der Waals surface area contributed by atoms with Crippen molar-refractivity contribution in [3.8, 4) is 29.4 Å². The Morgan fingerprint density at radius 1 is 1.12 bits per heavy atom. The topological polar surface area (TPSA) is 36.4 Å². The summed E-state index contributed by atoms with van der Waals surface area (Å²) in [6, 6.07) is 4.16. The maximum Gasteiger partial charge on any atom is 0.123 e. The zero-order valence-corrected chi connectivity index (χ0v) is 17.8. The van der Waals surface area contributed by atoms with E-state index in [-0.39, 0.29) is 10.8 Å². The number of hydrogen-bond donors (Lipinski definition) is 1.